The van der Waals surface area contributed by atoms with Crippen molar-refractivity contribution in [1.82, 2.24) is 20.0 Å². The lowest BCUT2D eigenvalue weighted by molar-refractivity contribution is 0.103. The van der Waals surface area contributed by atoms with E-state index in [2.05, 4.69) is 15.3 Å². The lowest BCUT2D eigenvalue weighted by atomic mass is 10.1. The summed E-state index contributed by atoms with van der Waals surface area (Å²) in [5.41, 5.74) is 3.39. The summed E-state index contributed by atoms with van der Waals surface area (Å²) in [5, 5.41) is 7.87. The van der Waals surface area contributed by atoms with Crippen molar-refractivity contribution < 1.29 is 4.79 Å². The number of aryl methyl sites for hydroxylation is 2. The minimum Gasteiger partial charge on any atom is -0.287 e. The van der Waals surface area contributed by atoms with E-state index in [0.29, 0.717) is 17.0 Å². The molecule has 2 aromatic heterocycles. The Bertz CT molecular complexity index is 793. The smallest absolute Gasteiger partial charge is 0.214 e. The molecule has 5 heteroatoms. The van der Waals surface area contributed by atoms with E-state index in [1.54, 1.807) is 10.7 Å². The van der Waals surface area contributed by atoms with Gasteiger partial charge in [-0.15, -0.1) is 5.10 Å². The van der Waals surface area contributed by atoms with Gasteiger partial charge in [0.25, 0.3) is 0 Å². The van der Waals surface area contributed by atoms with E-state index in [1.165, 1.54) is 6.20 Å². The highest BCUT2D eigenvalue weighted by molar-refractivity contribution is 6.08. The summed E-state index contributed by atoms with van der Waals surface area (Å²) in [7, 11) is 0. The molecule has 0 aliphatic carbocycles. The molecule has 0 saturated carbocycles. The van der Waals surface area contributed by atoms with Crippen LogP contribution in [0.1, 0.15) is 27.4 Å². The van der Waals surface area contributed by atoms with Gasteiger partial charge in [-0.05, 0) is 38.1 Å². The lowest BCUT2D eigenvalue weighted by Crippen LogP contribution is -2.12. The predicted octanol–water partition coefficient (Wildman–Crippen LogP) is 2.51. The van der Waals surface area contributed by atoms with Crippen LogP contribution in [-0.4, -0.2) is 25.8 Å². The minimum atomic E-state index is -0.131. The maximum atomic E-state index is 12.7. The number of hydrogen-bond acceptors (Lipinski definition) is 4. The number of nitrogens with zero attached hydrogens (tertiary/aromatic N) is 4. The molecular weight excluding hydrogens is 264 g/mol. The van der Waals surface area contributed by atoms with Crippen molar-refractivity contribution in [3.63, 3.8) is 0 Å². The van der Waals surface area contributed by atoms with Gasteiger partial charge in [-0.25, -0.2) is 4.68 Å². The second kappa shape index (κ2) is 5.28. The first-order chi connectivity index (χ1) is 10.2. The zero-order valence-corrected chi connectivity index (χ0v) is 11.8. The van der Waals surface area contributed by atoms with Gasteiger partial charge in [-0.1, -0.05) is 23.4 Å². The van der Waals surface area contributed by atoms with E-state index in [4.69, 9.17) is 0 Å². The zero-order valence-electron chi connectivity index (χ0n) is 11.8. The number of pyridine rings is 1. The average molecular weight is 278 g/mol. The summed E-state index contributed by atoms with van der Waals surface area (Å²) in [6.07, 6.45) is 1.48. The van der Waals surface area contributed by atoms with Crippen molar-refractivity contribution in [2.24, 2.45) is 0 Å². The molecule has 0 spiro atoms. The minimum absolute atomic E-state index is 0.131. The maximum absolute atomic E-state index is 12.7. The Morgan fingerprint density at radius 1 is 1.05 bits per heavy atom. The third-order valence-electron chi connectivity index (χ3n) is 3.25. The zero-order chi connectivity index (χ0) is 14.8. The number of para-hydroxylation sites is 1. The van der Waals surface area contributed by atoms with Gasteiger partial charge < -0.3 is 0 Å². The molecule has 21 heavy (non-hydrogen) atoms. The van der Waals surface area contributed by atoms with Gasteiger partial charge >= 0.3 is 0 Å². The van der Waals surface area contributed by atoms with Crippen molar-refractivity contribution in [1.29, 1.82) is 0 Å². The average Bonchev–Trinajstić information content (AvgIpc) is 2.97. The standard InChI is InChI=1S/C16H14N4O/c1-11-8-9-14(12(2)18-11)16(21)15-10-17-19-20(15)13-6-4-3-5-7-13/h3-10H,1-2H3. The largest absolute Gasteiger partial charge is 0.287 e. The van der Waals surface area contributed by atoms with Gasteiger partial charge in [0.1, 0.15) is 5.69 Å². The van der Waals surface area contributed by atoms with Gasteiger partial charge in [0.05, 0.1) is 11.9 Å². The third-order valence-corrected chi connectivity index (χ3v) is 3.25. The van der Waals surface area contributed by atoms with Crippen LogP contribution in [0, 0.1) is 13.8 Å². The van der Waals surface area contributed by atoms with Gasteiger partial charge in [-0.3, -0.25) is 9.78 Å². The molecule has 0 radical (unpaired) electrons. The molecule has 0 aliphatic heterocycles. The van der Waals surface area contributed by atoms with E-state index < -0.39 is 0 Å². The van der Waals surface area contributed by atoms with E-state index in [1.807, 2.05) is 50.2 Å². The van der Waals surface area contributed by atoms with Gasteiger partial charge in [0.15, 0.2) is 0 Å². The molecule has 104 valence electrons. The molecule has 5 nitrogen and oxygen atoms in total. The Morgan fingerprint density at radius 2 is 1.81 bits per heavy atom. The molecule has 1 aromatic carbocycles. The second-order valence-corrected chi connectivity index (χ2v) is 4.78. The van der Waals surface area contributed by atoms with Crippen LogP contribution in [0.15, 0.2) is 48.7 Å². The fraction of sp³-hybridized carbons (Fsp3) is 0.125. The predicted molar refractivity (Wildman–Crippen MR) is 78.5 cm³/mol. The molecule has 0 aliphatic rings. The molecule has 0 fully saturated rings. The molecule has 3 aromatic rings. The van der Waals surface area contributed by atoms with Crippen LogP contribution in [0.5, 0.6) is 0 Å². The van der Waals surface area contributed by atoms with Crippen LogP contribution in [0.3, 0.4) is 0 Å². The quantitative estimate of drug-likeness (QED) is 0.691. The summed E-state index contributed by atoms with van der Waals surface area (Å²) in [6.45, 7) is 3.73. The SMILES string of the molecule is Cc1ccc(C(=O)c2cnnn2-c2ccccc2)c(C)n1. The molecule has 0 bridgehead atoms. The van der Waals surface area contributed by atoms with Crippen molar-refractivity contribution in [2.45, 2.75) is 13.8 Å². The molecule has 0 unspecified atom stereocenters. The van der Waals surface area contributed by atoms with Gasteiger partial charge in [0, 0.05) is 17.0 Å². The molecule has 0 atom stereocenters. The van der Waals surface area contributed by atoms with Crippen LogP contribution in [0.2, 0.25) is 0 Å². The molecule has 3 rings (SSSR count). The summed E-state index contributed by atoms with van der Waals surface area (Å²) in [6, 6.07) is 13.1. The van der Waals surface area contributed by atoms with Crippen molar-refractivity contribution >= 4 is 5.78 Å². The van der Waals surface area contributed by atoms with Crippen LogP contribution in [0.25, 0.3) is 5.69 Å². The number of carbonyl (C=O) groups excluding carboxylic acids is 1. The van der Waals surface area contributed by atoms with Gasteiger partial charge in [0.2, 0.25) is 5.78 Å². The number of aromatic nitrogens is 4. The first kappa shape index (κ1) is 13.2. The molecule has 0 saturated heterocycles. The Morgan fingerprint density at radius 3 is 2.52 bits per heavy atom. The van der Waals surface area contributed by atoms with Gasteiger partial charge in [-0.2, -0.15) is 0 Å². The Kier molecular flexibility index (Phi) is 3.31. The van der Waals surface area contributed by atoms with E-state index in [0.717, 1.165) is 11.4 Å². The van der Waals surface area contributed by atoms with Crippen molar-refractivity contribution in [2.75, 3.05) is 0 Å². The number of rotatable bonds is 3. The highest BCUT2D eigenvalue weighted by atomic mass is 16.1. The number of benzene rings is 1. The summed E-state index contributed by atoms with van der Waals surface area (Å²) in [5.74, 6) is -0.131. The summed E-state index contributed by atoms with van der Waals surface area (Å²) in [4.78, 5) is 17.0. The number of carbonyl (C=O) groups is 1. The highest BCUT2D eigenvalue weighted by Crippen LogP contribution is 2.15. The number of ketones is 1. The molecule has 0 N–H and O–H groups in total. The van der Waals surface area contributed by atoms with Crippen LogP contribution in [0.4, 0.5) is 0 Å². The molecule has 2 heterocycles. The lowest BCUT2D eigenvalue weighted by Gasteiger charge is -2.07. The van der Waals surface area contributed by atoms with E-state index in [-0.39, 0.29) is 5.78 Å². The van der Waals surface area contributed by atoms with Crippen LogP contribution < -0.4 is 0 Å². The summed E-state index contributed by atoms with van der Waals surface area (Å²) >= 11 is 0. The normalized spacial score (nSPS) is 10.6. The topological polar surface area (TPSA) is 60.7 Å². The van der Waals surface area contributed by atoms with Crippen molar-refractivity contribution in [3.8, 4) is 5.69 Å². The van der Waals surface area contributed by atoms with Crippen molar-refractivity contribution in [3.05, 3.63) is 71.3 Å². The second-order valence-electron chi connectivity index (χ2n) is 4.78. The fourth-order valence-corrected chi connectivity index (χ4v) is 2.21. The summed E-state index contributed by atoms with van der Waals surface area (Å²) < 4.78 is 1.54. The molecule has 0 amide bonds. The monoisotopic (exact) mass is 278 g/mol. The van der Waals surface area contributed by atoms with E-state index in [9.17, 15) is 4.79 Å². The maximum Gasteiger partial charge on any atom is 0.214 e. The molecular formula is C16H14N4O. The Labute approximate surface area is 122 Å². The Hall–Kier alpha value is -2.82. The van der Waals surface area contributed by atoms with Crippen LogP contribution in [-0.2, 0) is 0 Å². The third kappa shape index (κ3) is 2.45. The van der Waals surface area contributed by atoms with Crippen LogP contribution >= 0.6 is 0 Å². The first-order valence-electron chi connectivity index (χ1n) is 6.62. The number of hydrogen-bond donors (Lipinski definition) is 0. The Balaban J connectivity index is 2.06. The fourth-order valence-electron chi connectivity index (χ4n) is 2.21. The van der Waals surface area contributed by atoms with E-state index >= 15 is 0 Å². The highest BCUT2D eigenvalue weighted by Gasteiger charge is 2.18. The first-order valence-corrected chi connectivity index (χ1v) is 6.62.